The summed E-state index contributed by atoms with van der Waals surface area (Å²) in [6.07, 6.45) is 8.03. The Balaban J connectivity index is 0.918. The largest absolute Gasteiger partial charge is 0.366 e. The van der Waals surface area contributed by atoms with Gasteiger partial charge in [0.05, 0.1) is 23.8 Å². The predicted octanol–water partition coefficient (Wildman–Crippen LogP) is 15.3. The number of hydrogen-bond donors (Lipinski definition) is 1. The highest BCUT2D eigenvalue weighted by atomic mass is 15.3. The number of nitrogens with one attached hydrogen (secondary N) is 1. The van der Waals surface area contributed by atoms with E-state index in [4.69, 9.17) is 9.97 Å². The number of aromatic nitrogens is 2. The molecule has 0 atom stereocenters. The number of nitrogens with zero attached hydrogens (tertiary/aromatic N) is 3. The van der Waals surface area contributed by atoms with Crippen molar-refractivity contribution in [2.75, 3.05) is 11.6 Å². The average Bonchev–Trinajstić information content (AvgIpc) is 3.92. The first-order valence-corrected chi connectivity index (χ1v) is 23.0. The summed E-state index contributed by atoms with van der Waals surface area (Å²) in [4.78, 5) is 12.2. The summed E-state index contributed by atoms with van der Waals surface area (Å²) >= 11 is 0. The van der Waals surface area contributed by atoms with E-state index in [2.05, 4.69) is 241 Å². The Labute approximate surface area is 393 Å². The van der Waals surface area contributed by atoms with E-state index in [9.17, 15) is 0 Å². The van der Waals surface area contributed by atoms with E-state index in [1.807, 2.05) is 18.5 Å². The second-order valence-electron chi connectivity index (χ2n) is 17.1. The van der Waals surface area contributed by atoms with Crippen LogP contribution >= 0.6 is 0 Å². The molecule has 0 unspecified atom stereocenters. The molecule has 67 heavy (non-hydrogen) atoms. The highest BCUT2D eigenvalue weighted by molar-refractivity contribution is 5.89. The zero-order chi connectivity index (χ0) is 44.8. The Kier molecular flexibility index (Phi) is 11.6. The molecule has 0 saturated heterocycles. The van der Waals surface area contributed by atoms with Crippen molar-refractivity contribution in [3.05, 3.63) is 266 Å². The molecule has 0 fully saturated rings. The summed E-state index contributed by atoms with van der Waals surface area (Å²) in [6, 6.07) is 82.3. The van der Waals surface area contributed by atoms with Gasteiger partial charge in [-0.15, -0.1) is 0 Å². The van der Waals surface area contributed by atoms with Crippen molar-refractivity contribution in [3.8, 4) is 78.1 Å². The number of rotatable bonds is 12. The van der Waals surface area contributed by atoms with Crippen molar-refractivity contribution in [3.63, 3.8) is 0 Å². The number of hydrogen-bond acceptors (Lipinski definition) is 4. The fourth-order valence-electron chi connectivity index (χ4n) is 9.18. The molecule has 4 nitrogen and oxygen atoms in total. The number of benzene rings is 8. The van der Waals surface area contributed by atoms with E-state index in [0.717, 1.165) is 57.9 Å². The Hall–Kier alpha value is -8.60. The lowest BCUT2D eigenvalue weighted by Crippen LogP contribution is -2.20. The van der Waals surface area contributed by atoms with Crippen LogP contribution in [-0.4, -0.2) is 16.6 Å². The van der Waals surface area contributed by atoms with Crippen molar-refractivity contribution >= 4 is 11.4 Å². The van der Waals surface area contributed by atoms with Crippen LogP contribution in [0.4, 0.5) is 5.69 Å². The lowest BCUT2D eigenvalue weighted by molar-refractivity contribution is 0.911. The van der Waals surface area contributed by atoms with Gasteiger partial charge in [-0.3, -0.25) is 9.97 Å². The van der Waals surface area contributed by atoms with Gasteiger partial charge in [0.15, 0.2) is 0 Å². The van der Waals surface area contributed by atoms with Gasteiger partial charge in [0.25, 0.3) is 0 Å². The summed E-state index contributed by atoms with van der Waals surface area (Å²) in [7, 11) is 0. The third-order valence-electron chi connectivity index (χ3n) is 12.7. The highest BCUT2D eigenvalue weighted by Gasteiger charge is 2.19. The zero-order valence-electron chi connectivity index (χ0n) is 37.1. The molecular weight excluding hydrogens is 813 g/mol. The number of para-hydroxylation sites is 1. The number of aryl methyl sites for hydroxylation is 2. The van der Waals surface area contributed by atoms with Gasteiger partial charge in [0.2, 0.25) is 0 Å². The smallest absolute Gasteiger partial charge is 0.0921 e. The van der Waals surface area contributed by atoms with E-state index in [1.54, 1.807) is 0 Å². The first kappa shape index (κ1) is 41.1. The third-order valence-corrected chi connectivity index (χ3v) is 12.7. The van der Waals surface area contributed by atoms with E-state index in [1.165, 1.54) is 61.2 Å². The molecule has 1 aliphatic heterocycles. The van der Waals surface area contributed by atoms with E-state index in [0.29, 0.717) is 6.67 Å². The van der Waals surface area contributed by atoms with Gasteiger partial charge in [-0.25, -0.2) is 0 Å². The Morgan fingerprint density at radius 2 is 0.821 bits per heavy atom. The van der Waals surface area contributed by atoms with E-state index in [-0.39, 0.29) is 0 Å². The van der Waals surface area contributed by atoms with Crippen LogP contribution in [0.3, 0.4) is 0 Å². The molecule has 320 valence electrons. The molecule has 8 aromatic carbocycles. The first-order chi connectivity index (χ1) is 33.2. The highest BCUT2D eigenvalue weighted by Crippen LogP contribution is 2.38. The quantitative estimate of drug-likeness (QED) is 0.133. The maximum absolute atomic E-state index is 5.08. The standard InChI is InChI=1S/C63H48N4/c1-4-15-47(16-5-1)48-30-32-49(33-31-48)51-19-14-20-52(39-51)62-36-34-53(42-65-62)57-23-10-11-24-58(57)54-37-46(28-27-45-29-35-61(64-41-45)50-17-6-2-7-18-50)38-55(40-54)59-25-12-13-26-60(59)63-43-67(44-66-63)56-21-8-3-9-22-56/h1-26,29-43,66H,27-28,44H2. The minimum absolute atomic E-state index is 0.713. The SMILES string of the molecule is C1=C(c2ccccc2-c2cc(CCc3ccc(-c4ccccc4)nc3)cc(-c3ccccc3-c3ccc(-c4cccc(-c5ccc(-c6ccccc6)cc5)c4)nc3)c2)NCN1c1ccccc1. The van der Waals surface area contributed by atoms with Crippen LogP contribution in [0.1, 0.15) is 16.7 Å². The Bertz CT molecular complexity index is 3310. The average molecular weight is 861 g/mol. The molecule has 11 rings (SSSR count). The van der Waals surface area contributed by atoms with Crippen LogP contribution in [0.2, 0.25) is 0 Å². The molecule has 0 amide bonds. The third kappa shape index (κ3) is 9.07. The molecule has 0 spiro atoms. The van der Waals surface area contributed by atoms with Gasteiger partial charge >= 0.3 is 0 Å². The van der Waals surface area contributed by atoms with Crippen molar-refractivity contribution in [1.82, 2.24) is 15.3 Å². The van der Waals surface area contributed by atoms with Crippen LogP contribution in [0, 0.1) is 0 Å². The summed E-state index contributed by atoms with van der Waals surface area (Å²) in [5, 5.41) is 3.69. The van der Waals surface area contributed by atoms with Crippen molar-refractivity contribution in [1.29, 1.82) is 0 Å². The van der Waals surface area contributed by atoms with Gasteiger partial charge in [-0.2, -0.15) is 0 Å². The normalized spacial score (nSPS) is 12.1. The van der Waals surface area contributed by atoms with Gasteiger partial charge in [0.1, 0.15) is 0 Å². The number of anilines is 1. The molecule has 0 radical (unpaired) electrons. The Morgan fingerprint density at radius 1 is 0.343 bits per heavy atom. The Morgan fingerprint density at radius 3 is 1.48 bits per heavy atom. The summed E-state index contributed by atoms with van der Waals surface area (Å²) in [5.74, 6) is 0. The molecular formula is C63H48N4. The summed E-state index contributed by atoms with van der Waals surface area (Å²) in [5.41, 5.74) is 21.8. The topological polar surface area (TPSA) is 41.1 Å². The minimum Gasteiger partial charge on any atom is -0.366 e. The first-order valence-electron chi connectivity index (χ1n) is 23.0. The van der Waals surface area contributed by atoms with Crippen LogP contribution in [0.25, 0.3) is 83.8 Å². The maximum Gasteiger partial charge on any atom is 0.0921 e. The molecule has 1 N–H and O–H groups in total. The second kappa shape index (κ2) is 18.9. The van der Waals surface area contributed by atoms with E-state index >= 15 is 0 Å². The zero-order valence-corrected chi connectivity index (χ0v) is 37.1. The second-order valence-corrected chi connectivity index (χ2v) is 17.1. The van der Waals surface area contributed by atoms with Crippen LogP contribution in [-0.2, 0) is 12.8 Å². The minimum atomic E-state index is 0.713. The number of pyridine rings is 2. The molecule has 4 heteroatoms. The molecule has 0 aliphatic carbocycles. The van der Waals surface area contributed by atoms with Gasteiger partial charge in [0, 0.05) is 46.5 Å². The van der Waals surface area contributed by atoms with Gasteiger partial charge in [-0.1, -0.05) is 194 Å². The van der Waals surface area contributed by atoms with Crippen molar-refractivity contribution < 1.29 is 0 Å². The predicted molar refractivity (Wildman–Crippen MR) is 279 cm³/mol. The fraction of sp³-hybridized carbons (Fsp3) is 0.0476. The van der Waals surface area contributed by atoms with E-state index < -0.39 is 0 Å². The fourth-order valence-corrected chi connectivity index (χ4v) is 9.18. The maximum atomic E-state index is 5.08. The van der Waals surface area contributed by atoms with Crippen LogP contribution in [0.15, 0.2) is 249 Å². The molecule has 10 aromatic rings. The monoisotopic (exact) mass is 860 g/mol. The molecule has 1 aliphatic rings. The molecule has 0 bridgehead atoms. The van der Waals surface area contributed by atoms with Crippen LogP contribution < -0.4 is 10.2 Å². The van der Waals surface area contributed by atoms with Gasteiger partial charge in [-0.05, 0) is 110 Å². The molecule has 2 aromatic heterocycles. The molecule has 0 saturated carbocycles. The van der Waals surface area contributed by atoms with Gasteiger partial charge < -0.3 is 10.2 Å². The lowest BCUT2D eigenvalue weighted by atomic mass is 9.89. The van der Waals surface area contributed by atoms with Crippen molar-refractivity contribution in [2.45, 2.75) is 12.8 Å². The lowest BCUT2D eigenvalue weighted by Gasteiger charge is -2.17. The summed E-state index contributed by atoms with van der Waals surface area (Å²) < 4.78 is 0. The van der Waals surface area contributed by atoms with Crippen molar-refractivity contribution in [2.24, 2.45) is 0 Å². The molecule has 3 heterocycles. The van der Waals surface area contributed by atoms with Crippen LogP contribution in [0.5, 0.6) is 0 Å². The summed E-state index contributed by atoms with van der Waals surface area (Å²) in [6.45, 7) is 0.713.